The molecule has 0 spiro atoms. The van der Waals surface area contributed by atoms with Gasteiger partial charge in [-0.25, -0.2) is 0 Å². The van der Waals surface area contributed by atoms with Crippen LogP contribution in [0.25, 0.3) is 5.73 Å². The number of nitro groups is 1. The molecule has 14 heavy (non-hydrogen) atoms. The zero-order chi connectivity index (χ0) is 10.0. The van der Waals surface area contributed by atoms with E-state index < -0.39 is 16.3 Å². The van der Waals surface area contributed by atoms with Crippen LogP contribution >= 0.6 is 11.6 Å². The minimum absolute atomic E-state index is 0. The first kappa shape index (κ1) is 14.0. The van der Waals surface area contributed by atoms with Gasteiger partial charge in [-0.2, -0.15) is 5.26 Å². The van der Waals surface area contributed by atoms with E-state index in [0.29, 0.717) is 0 Å². The SMILES string of the molecule is N#Cc1c(Cl)ccc([N+](=O)[O-])c1[NH-].[Rb+]. The number of nitrogens with zero attached hydrogens (tertiary/aromatic N) is 2. The Labute approximate surface area is 134 Å². The van der Waals surface area contributed by atoms with E-state index in [4.69, 9.17) is 22.6 Å². The first-order valence-electron chi connectivity index (χ1n) is 3.16. The molecule has 0 aliphatic heterocycles. The second-order valence-electron chi connectivity index (χ2n) is 2.19. The van der Waals surface area contributed by atoms with Crippen molar-refractivity contribution in [2.75, 3.05) is 0 Å². The maximum absolute atomic E-state index is 10.3. The van der Waals surface area contributed by atoms with Gasteiger partial charge in [-0.1, -0.05) is 11.6 Å². The molecule has 0 heterocycles. The largest absolute Gasteiger partial charge is 1.00 e. The van der Waals surface area contributed by atoms with Gasteiger partial charge in [0.2, 0.25) is 0 Å². The maximum atomic E-state index is 10.3. The number of nitrogens with one attached hydrogen (secondary N) is 1. The summed E-state index contributed by atoms with van der Waals surface area (Å²) in [5.74, 6) is 0. The van der Waals surface area contributed by atoms with Gasteiger partial charge in [-0.05, 0) is 11.8 Å². The summed E-state index contributed by atoms with van der Waals surface area (Å²) in [4.78, 5) is 9.61. The molecule has 7 heteroatoms. The molecular weight excluding hydrogens is 279 g/mol. The van der Waals surface area contributed by atoms with Crippen molar-refractivity contribution in [3.63, 3.8) is 0 Å². The molecule has 5 nitrogen and oxygen atoms in total. The number of hydrogen-bond donors (Lipinski definition) is 0. The average molecular weight is 282 g/mol. The summed E-state index contributed by atoms with van der Waals surface area (Å²) < 4.78 is 0. The predicted molar refractivity (Wildman–Crippen MR) is 46.8 cm³/mol. The molecule has 0 unspecified atom stereocenters. The topological polar surface area (TPSA) is 90.7 Å². The van der Waals surface area contributed by atoms with E-state index in [1.807, 2.05) is 0 Å². The summed E-state index contributed by atoms with van der Waals surface area (Å²) in [5.41, 5.74) is 6.24. The fraction of sp³-hybridized carbons (Fsp3) is 0. The zero-order valence-electron chi connectivity index (χ0n) is 7.24. The molecule has 0 saturated carbocycles. The molecule has 1 rings (SSSR count). The Hall–Kier alpha value is 0.00519. The van der Waals surface area contributed by atoms with Crippen LogP contribution in [0.1, 0.15) is 5.56 Å². The van der Waals surface area contributed by atoms with Crippen LogP contribution < -0.4 is 58.2 Å². The van der Waals surface area contributed by atoms with Crippen molar-refractivity contribution in [2.45, 2.75) is 0 Å². The number of benzene rings is 1. The molecule has 66 valence electrons. The van der Waals surface area contributed by atoms with E-state index in [2.05, 4.69) is 0 Å². The standard InChI is InChI=1S/C7H3ClN3O2.Rb/c8-5-1-2-6(11(12)13)7(10)4(5)3-9;/h1-2,10H;/q-1;+1. The molecule has 0 aliphatic rings. The Morgan fingerprint density at radius 1 is 1.57 bits per heavy atom. The molecule has 0 radical (unpaired) electrons. The van der Waals surface area contributed by atoms with E-state index in [9.17, 15) is 10.1 Å². The van der Waals surface area contributed by atoms with E-state index in [1.54, 1.807) is 6.07 Å². The summed E-state index contributed by atoms with van der Waals surface area (Å²) in [6.45, 7) is 0. The third-order valence-electron chi connectivity index (χ3n) is 1.44. The number of halogens is 1. The molecule has 1 aromatic rings. The molecule has 1 aromatic carbocycles. The molecule has 0 aromatic heterocycles. The monoisotopic (exact) mass is 281 g/mol. The fourth-order valence-corrected chi connectivity index (χ4v) is 1.03. The molecule has 0 aliphatic carbocycles. The van der Waals surface area contributed by atoms with Crippen LogP contribution in [-0.2, 0) is 0 Å². The van der Waals surface area contributed by atoms with Gasteiger partial charge < -0.3 is 5.73 Å². The Kier molecular flexibility index (Phi) is 5.78. The molecule has 0 fully saturated rings. The average Bonchev–Trinajstić information content (AvgIpc) is 2.04. The summed E-state index contributed by atoms with van der Waals surface area (Å²) in [6.07, 6.45) is 0. The third-order valence-corrected chi connectivity index (χ3v) is 1.76. The minimum Gasteiger partial charge on any atom is -0.692 e. The van der Waals surface area contributed by atoms with Gasteiger partial charge in [0.25, 0.3) is 5.69 Å². The van der Waals surface area contributed by atoms with Crippen LogP contribution in [0.4, 0.5) is 11.4 Å². The number of rotatable bonds is 1. The van der Waals surface area contributed by atoms with Crippen LogP contribution in [0.2, 0.25) is 5.02 Å². The van der Waals surface area contributed by atoms with E-state index in [1.165, 1.54) is 6.07 Å². The smallest absolute Gasteiger partial charge is 0.692 e. The minimum atomic E-state index is -0.723. The Morgan fingerprint density at radius 3 is 2.57 bits per heavy atom. The van der Waals surface area contributed by atoms with Crippen molar-refractivity contribution in [3.05, 3.63) is 38.6 Å². The van der Waals surface area contributed by atoms with Gasteiger partial charge in [0.1, 0.15) is 0 Å². The van der Waals surface area contributed by atoms with Gasteiger partial charge >= 0.3 is 58.2 Å². The van der Waals surface area contributed by atoms with Gasteiger partial charge in [-0.3, -0.25) is 10.1 Å². The summed E-state index contributed by atoms with van der Waals surface area (Å²) in [6, 6.07) is 3.97. The second kappa shape index (κ2) is 5.78. The Bertz CT molecular complexity index is 416. The predicted octanol–water partition coefficient (Wildman–Crippen LogP) is -0.192. The molecule has 0 saturated heterocycles. The van der Waals surface area contributed by atoms with Gasteiger partial charge in [0.15, 0.2) is 0 Å². The first-order valence-corrected chi connectivity index (χ1v) is 3.54. The third kappa shape index (κ3) is 2.75. The van der Waals surface area contributed by atoms with E-state index >= 15 is 0 Å². The molecular formula is C7H3ClN3O2Rb. The van der Waals surface area contributed by atoms with Gasteiger partial charge in [0.05, 0.1) is 21.6 Å². The van der Waals surface area contributed by atoms with Crippen molar-refractivity contribution in [1.29, 1.82) is 5.26 Å². The van der Waals surface area contributed by atoms with Crippen molar-refractivity contribution < 1.29 is 63.1 Å². The van der Waals surface area contributed by atoms with Crippen molar-refractivity contribution in [1.82, 2.24) is 0 Å². The quantitative estimate of drug-likeness (QED) is 0.528. The molecule has 0 amide bonds. The van der Waals surface area contributed by atoms with Gasteiger partial charge in [0, 0.05) is 6.07 Å². The Balaban J connectivity index is 0.00000169. The Morgan fingerprint density at radius 2 is 2.14 bits per heavy atom. The van der Waals surface area contributed by atoms with Crippen LogP contribution in [-0.4, -0.2) is 4.92 Å². The number of nitro benzene ring substituents is 1. The summed E-state index contributed by atoms with van der Waals surface area (Å²) in [7, 11) is 0. The normalized spacial score (nSPS) is 8.57. The van der Waals surface area contributed by atoms with Crippen molar-refractivity contribution in [2.24, 2.45) is 0 Å². The zero-order valence-corrected chi connectivity index (χ0v) is 12.9. The van der Waals surface area contributed by atoms with E-state index in [-0.39, 0.29) is 68.8 Å². The van der Waals surface area contributed by atoms with E-state index in [0.717, 1.165) is 6.07 Å². The van der Waals surface area contributed by atoms with Crippen LogP contribution in [0.3, 0.4) is 0 Å². The number of nitriles is 1. The summed E-state index contributed by atoms with van der Waals surface area (Å²) >= 11 is 5.54. The first-order chi connectivity index (χ1) is 6.07. The molecule has 1 N–H and O–H groups in total. The van der Waals surface area contributed by atoms with Crippen LogP contribution in [0.15, 0.2) is 12.1 Å². The van der Waals surface area contributed by atoms with Crippen LogP contribution in [0.5, 0.6) is 0 Å². The fourth-order valence-electron chi connectivity index (χ4n) is 0.828. The van der Waals surface area contributed by atoms with Crippen molar-refractivity contribution in [3.8, 4) is 6.07 Å². The maximum Gasteiger partial charge on any atom is 1.00 e. The van der Waals surface area contributed by atoms with Crippen LogP contribution in [0, 0.1) is 21.4 Å². The second-order valence-corrected chi connectivity index (χ2v) is 2.59. The van der Waals surface area contributed by atoms with Gasteiger partial charge in [-0.15, -0.1) is 0 Å². The molecule has 0 bridgehead atoms. The molecule has 0 atom stereocenters. The number of hydrogen-bond acceptors (Lipinski definition) is 3. The van der Waals surface area contributed by atoms with Crippen molar-refractivity contribution >= 4 is 23.0 Å². The summed E-state index contributed by atoms with van der Waals surface area (Å²) in [5, 5.41) is 18.9.